The highest BCUT2D eigenvalue weighted by Gasteiger charge is 2.28. The molecular formula is C20H33IN4O2. The second kappa shape index (κ2) is 13.6. The Morgan fingerprint density at radius 2 is 1.96 bits per heavy atom. The summed E-state index contributed by atoms with van der Waals surface area (Å²) in [7, 11) is 0. The van der Waals surface area contributed by atoms with Crippen molar-refractivity contribution in [3.8, 4) is 5.75 Å². The number of amides is 1. The van der Waals surface area contributed by atoms with Gasteiger partial charge in [-0.25, -0.2) is 4.99 Å². The molecule has 1 aliphatic carbocycles. The lowest BCUT2D eigenvalue weighted by Crippen LogP contribution is -2.41. The van der Waals surface area contributed by atoms with Crippen LogP contribution in [-0.2, 0) is 11.3 Å². The molecule has 1 aromatic carbocycles. The number of hydrogen-bond donors (Lipinski definition) is 3. The zero-order valence-corrected chi connectivity index (χ0v) is 18.8. The monoisotopic (exact) mass is 488 g/mol. The summed E-state index contributed by atoms with van der Waals surface area (Å²) in [4.78, 5) is 16.2. The predicted octanol–water partition coefficient (Wildman–Crippen LogP) is 3.06. The van der Waals surface area contributed by atoms with Crippen molar-refractivity contribution >= 4 is 35.8 Å². The number of unbranched alkanes of at least 4 members (excludes halogenated alkanes) is 1. The molecule has 7 heteroatoms. The molecule has 0 saturated heterocycles. The molecule has 0 atom stereocenters. The Kier molecular flexibility index (Phi) is 11.9. The Morgan fingerprint density at radius 3 is 2.67 bits per heavy atom. The maximum Gasteiger partial charge on any atom is 0.223 e. The summed E-state index contributed by atoms with van der Waals surface area (Å²) in [5.74, 6) is 2.08. The van der Waals surface area contributed by atoms with Gasteiger partial charge >= 0.3 is 0 Å². The molecule has 152 valence electrons. The standard InChI is InChI=1S/C20H32N4O2.HI/c1-3-5-13-26-18-8-6-7-16(14-18)15-24-20(21-4-2)23-12-11-22-19(25)17-9-10-17;/h6-8,14,17H,3-5,9-13,15H2,1-2H3,(H,22,25)(H2,21,23,24);1H. The van der Waals surface area contributed by atoms with E-state index in [1.54, 1.807) is 0 Å². The van der Waals surface area contributed by atoms with Crippen molar-refractivity contribution in [2.45, 2.75) is 46.1 Å². The quantitative estimate of drug-likeness (QED) is 0.194. The van der Waals surface area contributed by atoms with Gasteiger partial charge in [0.2, 0.25) is 5.91 Å². The van der Waals surface area contributed by atoms with Crippen LogP contribution in [0.25, 0.3) is 0 Å². The number of guanidine groups is 1. The summed E-state index contributed by atoms with van der Waals surface area (Å²) >= 11 is 0. The van der Waals surface area contributed by atoms with Gasteiger partial charge in [-0.05, 0) is 43.9 Å². The summed E-state index contributed by atoms with van der Waals surface area (Å²) in [6.07, 6.45) is 4.26. The van der Waals surface area contributed by atoms with Gasteiger partial charge in [0, 0.05) is 25.6 Å². The van der Waals surface area contributed by atoms with E-state index < -0.39 is 0 Å². The van der Waals surface area contributed by atoms with Crippen molar-refractivity contribution in [3.05, 3.63) is 29.8 Å². The smallest absolute Gasteiger partial charge is 0.223 e. The molecule has 2 rings (SSSR count). The SMILES string of the molecule is CCCCOc1cccc(CN=C(NCC)NCCNC(=O)C2CC2)c1.I. The Balaban J connectivity index is 0.00000364. The molecule has 3 N–H and O–H groups in total. The Bertz CT molecular complexity index is 591. The molecule has 0 bridgehead atoms. The molecule has 0 aliphatic heterocycles. The molecule has 1 aromatic rings. The molecule has 0 heterocycles. The summed E-state index contributed by atoms with van der Waals surface area (Å²) in [6, 6.07) is 8.07. The average Bonchev–Trinajstić information content (AvgIpc) is 3.49. The number of hydrogen-bond acceptors (Lipinski definition) is 3. The van der Waals surface area contributed by atoms with Gasteiger partial charge in [0.05, 0.1) is 13.2 Å². The van der Waals surface area contributed by atoms with Gasteiger partial charge in [0.15, 0.2) is 5.96 Å². The van der Waals surface area contributed by atoms with E-state index in [1.165, 1.54) is 0 Å². The lowest BCUT2D eigenvalue weighted by molar-refractivity contribution is -0.122. The van der Waals surface area contributed by atoms with Crippen LogP contribution in [0.2, 0.25) is 0 Å². The lowest BCUT2D eigenvalue weighted by atomic mass is 10.2. The highest BCUT2D eigenvalue weighted by atomic mass is 127. The topological polar surface area (TPSA) is 74.8 Å². The number of benzene rings is 1. The van der Waals surface area contributed by atoms with Gasteiger partial charge in [0.25, 0.3) is 0 Å². The fraction of sp³-hybridized carbons (Fsp3) is 0.600. The minimum absolute atomic E-state index is 0. The lowest BCUT2D eigenvalue weighted by Gasteiger charge is -2.12. The van der Waals surface area contributed by atoms with E-state index in [0.29, 0.717) is 19.6 Å². The van der Waals surface area contributed by atoms with Crippen LogP contribution in [0.15, 0.2) is 29.3 Å². The maximum atomic E-state index is 11.6. The largest absolute Gasteiger partial charge is 0.494 e. The third kappa shape index (κ3) is 9.83. The maximum absolute atomic E-state index is 11.6. The van der Waals surface area contributed by atoms with E-state index in [9.17, 15) is 4.79 Å². The molecule has 1 saturated carbocycles. The number of aliphatic imine (C=N–C) groups is 1. The second-order valence-corrected chi connectivity index (χ2v) is 6.54. The van der Waals surface area contributed by atoms with Crippen LogP contribution >= 0.6 is 24.0 Å². The van der Waals surface area contributed by atoms with Crippen molar-refractivity contribution in [1.29, 1.82) is 0 Å². The van der Waals surface area contributed by atoms with Crippen molar-refractivity contribution in [2.75, 3.05) is 26.2 Å². The van der Waals surface area contributed by atoms with Crippen LogP contribution in [0.4, 0.5) is 0 Å². The van der Waals surface area contributed by atoms with E-state index in [1.807, 2.05) is 25.1 Å². The number of halogens is 1. The second-order valence-electron chi connectivity index (χ2n) is 6.54. The predicted molar refractivity (Wildman–Crippen MR) is 121 cm³/mol. The van der Waals surface area contributed by atoms with E-state index in [2.05, 4.69) is 33.9 Å². The highest BCUT2D eigenvalue weighted by molar-refractivity contribution is 14.0. The zero-order chi connectivity index (χ0) is 18.6. The van der Waals surface area contributed by atoms with E-state index in [0.717, 1.165) is 56.1 Å². The van der Waals surface area contributed by atoms with Gasteiger partial charge in [-0.15, -0.1) is 24.0 Å². The molecule has 6 nitrogen and oxygen atoms in total. The summed E-state index contributed by atoms with van der Waals surface area (Å²) in [5.41, 5.74) is 1.11. The Morgan fingerprint density at radius 1 is 1.19 bits per heavy atom. The van der Waals surface area contributed by atoms with Crippen molar-refractivity contribution in [2.24, 2.45) is 10.9 Å². The van der Waals surface area contributed by atoms with Gasteiger partial charge in [0.1, 0.15) is 5.75 Å². The van der Waals surface area contributed by atoms with Crippen LogP contribution in [0, 0.1) is 5.92 Å². The van der Waals surface area contributed by atoms with Gasteiger partial charge in [-0.3, -0.25) is 4.79 Å². The number of nitrogens with zero attached hydrogens (tertiary/aromatic N) is 1. The fourth-order valence-corrected chi connectivity index (χ4v) is 2.44. The van der Waals surface area contributed by atoms with Crippen molar-refractivity contribution in [1.82, 2.24) is 16.0 Å². The summed E-state index contributed by atoms with van der Waals surface area (Å²) in [6.45, 7) is 7.58. The van der Waals surface area contributed by atoms with Gasteiger partial charge in [-0.1, -0.05) is 25.5 Å². The normalized spacial score (nSPS) is 13.5. The minimum Gasteiger partial charge on any atom is -0.494 e. The van der Waals surface area contributed by atoms with Gasteiger partial charge in [-0.2, -0.15) is 0 Å². The third-order valence-electron chi connectivity index (χ3n) is 4.09. The third-order valence-corrected chi connectivity index (χ3v) is 4.09. The zero-order valence-electron chi connectivity index (χ0n) is 16.4. The van der Waals surface area contributed by atoms with Crippen LogP contribution < -0.4 is 20.7 Å². The molecule has 27 heavy (non-hydrogen) atoms. The van der Waals surface area contributed by atoms with Crippen LogP contribution in [0.1, 0.15) is 45.1 Å². The number of nitrogens with one attached hydrogen (secondary N) is 3. The van der Waals surface area contributed by atoms with E-state index in [-0.39, 0.29) is 35.8 Å². The average molecular weight is 488 g/mol. The molecule has 0 spiro atoms. The number of carbonyl (C=O) groups is 1. The first-order chi connectivity index (χ1) is 12.7. The van der Waals surface area contributed by atoms with E-state index in [4.69, 9.17) is 4.74 Å². The minimum atomic E-state index is 0. The molecule has 1 fully saturated rings. The summed E-state index contributed by atoms with van der Waals surface area (Å²) in [5, 5.41) is 9.43. The fourth-order valence-electron chi connectivity index (χ4n) is 2.44. The molecular weight excluding hydrogens is 455 g/mol. The Hall–Kier alpha value is -1.51. The first-order valence-corrected chi connectivity index (χ1v) is 9.74. The molecule has 1 aliphatic rings. The van der Waals surface area contributed by atoms with Crippen LogP contribution in [0.3, 0.4) is 0 Å². The highest BCUT2D eigenvalue weighted by Crippen LogP contribution is 2.28. The first kappa shape index (κ1) is 23.5. The molecule has 0 unspecified atom stereocenters. The van der Waals surface area contributed by atoms with Gasteiger partial charge < -0.3 is 20.7 Å². The summed E-state index contributed by atoms with van der Waals surface area (Å²) < 4.78 is 5.75. The molecule has 1 amide bonds. The first-order valence-electron chi connectivity index (χ1n) is 9.74. The number of ether oxygens (including phenoxy) is 1. The Labute approximate surface area is 179 Å². The van der Waals surface area contributed by atoms with Crippen molar-refractivity contribution in [3.63, 3.8) is 0 Å². The number of rotatable bonds is 11. The molecule has 0 aromatic heterocycles. The van der Waals surface area contributed by atoms with Crippen LogP contribution in [0.5, 0.6) is 5.75 Å². The van der Waals surface area contributed by atoms with Crippen molar-refractivity contribution < 1.29 is 9.53 Å². The van der Waals surface area contributed by atoms with Crippen LogP contribution in [-0.4, -0.2) is 38.1 Å². The van der Waals surface area contributed by atoms with E-state index >= 15 is 0 Å². The molecule has 0 radical (unpaired) electrons. The number of carbonyl (C=O) groups excluding carboxylic acids is 1.